The molecule has 1 amide bonds. The van der Waals surface area contributed by atoms with Crippen molar-refractivity contribution in [2.45, 2.75) is 13.5 Å². The highest BCUT2D eigenvalue weighted by Crippen LogP contribution is 2.30. The number of rotatable bonds is 8. The zero-order valence-corrected chi connectivity index (χ0v) is 16.4. The number of nitrogens with one attached hydrogen (secondary N) is 1. The van der Waals surface area contributed by atoms with E-state index >= 15 is 0 Å². The van der Waals surface area contributed by atoms with Crippen LogP contribution in [0.3, 0.4) is 0 Å². The van der Waals surface area contributed by atoms with Crippen LogP contribution in [0.25, 0.3) is 0 Å². The van der Waals surface area contributed by atoms with E-state index in [0.29, 0.717) is 0 Å². The van der Waals surface area contributed by atoms with Gasteiger partial charge in [-0.15, -0.1) is 0 Å². The maximum absolute atomic E-state index is 12.6. The van der Waals surface area contributed by atoms with Gasteiger partial charge in [0.15, 0.2) is 11.5 Å². The summed E-state index contributed by atoms with van der Waals surface area (Å²) < 4.78 is 43.9. The first-order valence-electron chi connectivity index (χ1n) is 8.63. The van der Waals surface area contributed by atoms with Gasteiger partial charge in [0.05, 0.1) is 32.0 Å². The molecule has 0 aromatic heterocycles. The number of amides is 1. The van der Waals surface area contributed by atoms with E-state index in [9.17, 15) is 23.2 Å². The van der Waals surface area contributed by atoms with Crippen molar-refractivity contribution in [3.63, 3.8) is 0 Å². The van der Waals surface area contributed by atoms with E-state index < -0.39 is 24.5 Å². The molecular formula is C20H19F2NO7. The molecule has 160 valence electrons. The van der Waals surface area contributed by atoms with Crippen LogP contribution in [0.2, 0.25) is 0 Å². The Kier molecular flexibility index (Phi) is 7.68. The summed E-state index contributed by atoms with van der Waals surface area (Å²) in [6, 6.07) is 7.57. The van der Waals surface area contributed by atoms with Crippen molar-refractivity contribution in [1.29, 1.82) is 0 Å². The minimum Gasteiger partial charge on any atom is -0.490 e. The number of anilines is 1. The van der Waals surface area contributed by atoms with Crippen molar-refractivity contribution in [3.05, 3.63) is 53.1 Å². The van der Waals surface area contributed by atoms with Crippen molar-refractivity contribution in [2.75, 3.05) is 26.1 Å². The lowest BCUT2D eigenvalue weighted by Gasteiger charge is -2.13. The minimum absolute atomic E-state index is 0.0198. The smallest absolute Gasteiger partial charge is 0.387 e. The number of hydrogen-bond acceptors (Lipinski definition) is 7. The SMILES string of the molecule is CCOc1cc(C(=O)Nc2cc(C(=O)OC)cc(C(=O)OC)c2)ccc1OC(F)F. The molecule has 0 atom stereocenters. The van der Waals surface area contributed by atoms with Crippen LogP contribution in [0.5, 0.6) is 11.5 Å². The van der Waals surface area contributed by atoms with Gasteiger partial charge in [0.2, 0.25) is 0 Å². The average molecular weight is 423 g/mol. The molecule has 0 bridgehead atoms. The lowest BCUT2D eigenvalue weighted by Crippen LogP contribution is -2.15. The molecule has 0 fully saturated rings. The molecule has 0 spiro atoms. The van der Waals surface area contributed by atoms with Crippen LogP contribution < -0.4 is 14.8 Å². The summed E-state index contributed by atoms with van der Waals surface area (Å²) in [4.78, 5) is 36.3. The Morgan fingerprint density at radius 1 is 0.900 bits per heavy atom. The predicted molar refractivity (Wildman–Crippen MR) is 101 cm³/mol. The third-order valence-corrected chi connectivity index (χ3v) is 3.75. The first-order valence-corrected chi connectivity index (χ1v) is 8.63. The predicted octanol–water partition coefficient (Wildman–Crippen LogP) is 3.51. The highest BCUT2D eigenvalue weighted by Gasteiger charge is 2.17. The molecule has 30 heavy (non-hydrogen) atoms. The molecule has 0 heterocycles. The molecule has 0 saturated heterocycles. The number of alkyl halides is 2. The van der Waals surface area contributed by atoms with Crippen molar-refractivity contribution >= 4 is 23.5 Å². The van der Waals surface area contributed by atoms with E-state index in [4.69, 9.17) is 4.74 Å². The second-order valence-corrected chi connectivity index (χ2v) is 5.71. The molecule has 0 radical (unpaired) electrons. The molecule has 2 aromatic carbocycles. The number of benzene rings is 2. The largest absolute Gasteiger partial charge is 0.490 e. The molecule has 2 rings (SSSR count). The monoisotopic (exact) mass is 423 g/mol. The average Bonchev–Trinajstić information content (AvgIpc) is 2.73. The van der Waals surface area contributed by atoms with E-state index in [2.05, 4.69) is 19.5 Å². The maximum Gasteiger partial charge on any atom is 0.387 e. The molecule has 10 heteroatoms. The van der Waals surface area contributed by atoms with E-state index in [1.807, 2.05) is 0 Å². The van der Waals surface area contributed by atoms with Gasteiger partial charge < -0.3 is 24.3 Å². The van der Waals surface area contributed by atoms with Gasteiger partial charge in [-0.3, -0.25) is 4.79 Å². The number of carbonyl (C=O) groups is 3. The lowest BCUT2D eigenvalue weighted by atomic mass is 10.1. The van der Waals surface area contributed by atoms with Crippen molar-refractivity contribution in [1.82, 2.24) is 0 Å². The highest BCUT2D eigenvalue weighted by atomic mass is 19.3. The Morgan fingerprint density at radius 3 is 2.00 bits per heavy atom. The summed E-state index contributed by atoms with van der Waals surface area (Å²) in [6.45, 7) is -1.25. The number of ether oxygens (including phenoxy) is 4. The van der Waals surface area contributed by atoms with E-state index in [1.54, 1.807) is 6.92 Å². The van der Waals surface area contributed by atoms with Gasteiger partial charge in [0, 0.05) is 11.3 Å². The first kappa shape index (κ1) is 22.6. The fourth-order valence-corrected chi connectivity index (χ4v) is 2.49. The Labute approximate surface area is 170 Å². The molecule has 1 N–H and O–H groups in total. The fraction of sp³-hybridized carbons (Fsp3) is 0.250. The Morgan fingerprint density at radius 2 is 1.50 bits per heavy atom. The summed E-state index contributed by atoms with van der Waals surface area (Å²) in [5.41, 5.74) is 0.232. The van der Waals surface area contributed by atoms with Gasteiger partial charge in [-0.1, -0.05) is 0 Å². The normalized spacial score (nSPS) is 10.3. The standard InChI is InChI=1S/C20H19F2NO7/c1-4-29-16-10-11(5-6-15(16)30-20(21)22)17(24)23-14-8-12(18(25)27-2)7-13(9-14)19(26)28-3/h5-10,20H,4H2,1-3H3,(H,23,24). The molecule has 0 saturated carbocycles. The molecule has 0 aliphatic carbocycles. The van der Waals surface area contributed by atoms with Crippen LogP contribution in [0.4, 0.5) is 14.5 Å². The Bertz CT molecular complexity index is 912. The molecule has 0 unspecified atom stereocenters. The second kappa shape index (κ2) is 10.2. The summed E-state index contributed by atoms with van der Waals surface area (Å²) in [5, 5.41) is 2.53. The van der Waals surface area contributed by atoms with E-state index in [0.717, 1.165) is 0 Å². The third kappa shape index (κ3) is 5.66. The van der Waals surface area contributed by atoms with Gasteiger partial charge in [0.25, 0.3) is 5.91 Å². The van der Waals surface area contributed by atoms with Crippen molar-refractivity contribution < 1.29 is 42.1 Å². The molecule has 8 nitrogen and oxygen atoms in total. The van der Waals surface area contributed by atoms with Crippen molar-refractivity contribution in [3.8, 4) is 11.5 Å². The van der Waals surface area contributed by atoms with Gasteiger partial charge >= 0.3 is 18.6 Å². The first-order chi connectivity index (χ1) is 14.3. The quantitative estimate of drug-likeness (QED) is 0.649. The maximum atomic E-state index is 12.6. The zero-order valence-electron chi connectivity index (χ0n) is 16.4. The van der Waals surface area contributed by atoms with E-state index in [-0.39, 0.29) is 40.5 Å². The molecular weight excluding hydrogens is 404 g/mol. The number of hydrogen-bond donors (Lipinski definition) is 1. The second-order valence-electron chi connectivity index (χ2n) is 5.71. The molecule has 2 aromatic rings. The summed E-state index contributed by atoms with van der Waals surface area (Å²) in [7, 11) is 2.34. The van der Waals surface area contributed by atoms with Crippen molar-refractivity contribution in [2.24, 2.45) is 0 Å². The minimum atomic E-state index is -3.05. The summed E-state index contributed by atoms with van der Waals surface area (Å²) >= 11 is 0. The highest BCUT2D eigenvalue weighted by molar-refractivity contribution is 6.06. The number of esters is 2. The van der Waals surface area contributed by atoms with Crippen LogP contribution in [0, 0.1) is 0 Å². The van der Waals surface area contributed by atoms with Crippen LogP contribution in [0.1, 0.15) is 38.0 Å². The fourth-order valence-electron chi connectivity index (χ4n) is 2.49. The van der Waals surface area contributed by atoms with E-state index in [1.165, 1.54) is 50.6 Å². The van der Waals surface area contributed by atoms with Gasteiger partial charge in [-0.05, 0) is 43.3 Å². The number of carbonyl (C=O) groups excluding carboxylic acids is 3. The summed E-state index contributed by atoms with van der Waals surface area (Å²) in [6.07, 6.45) is 0. The Balaban J connectivity index is 2.35. The van der Waals surface area contributed by atoms with Crippen LogP contribution >= 0.6 is 0 Å². The zero-order chi connectivity index (χ0) is 22.3. The van der Waals surface area contributed by atoms with Crippen LogP contribution in [0.15, 0.2) is 36.4 Å². The topological polar surface area (TPSA) is 100 Å². The summed E-state index contributed by atoms with van der Waals surface area (Å²) in [5.74, 6) is -2.34. The van der Waals surface area contributed by atoms with Gasteiger partial charge in [-0.25, -0.2) is 9.59 Å². The van der Waals surface area contributed by atoms with Gasteiger partial charge in [-0.2, -0.15) is 8.78 Å². The lowest BCUT2D eigenvalue weighted by molar-refractivity contribution is -0.0514. The molecule has 0 aliphatic heterocycles. The number of halogens is 2. The van der Waals surface area contributed by atoms with Crippen LogP contribution in [-0.2, 0) is 9.47 Å². The van der Waals surface area contributed by atoms with Gasteiger partial charge in [0.1, 0.15) is 0 Å². The molecule has 0 aliphatic rings. The third-order valence-electron chi connectivity index (χ3n) is 3.75. The number of methoxy groups -OCH3 is 2. The Hall–Kier alpha value is -3.69. The van der Waals surface area contributed by atoms with Crippen LogP contribution in [-0.4, -0.2) is 45.3 Å².